The SMILES string of the molecule is CC(Nc1cc(C(N)=O)ccc1F)c1cccc(Cl)c1. The van der Waals surface area contributed by atoms with Gasteiger partial charge in [-0.05, 0) is 42.8 Å². The molecule has 0 aliphatic rings. The van der Waals surface area contributed by atoms with Crippen LogP contribution in [0.3, 0.4) is 0 Å². The topological polar surface area (TPSA) is 55.1 Å². The van der Waals surface area contributed by atoms with Crippen molar-refractivity contribution in [2.24, 2.45) is 5.73 Å². The third-order valence-electron chi connectivity index (χ3n) is 2.97. The lowest BCUT2D eigenvalue weighted by atomic mass is 10.1. The molecule has 104 valence electrons. The van der Waals surface area contributed by atoms with Crippen LogP contribution in [0.5, 0.6) is 0 Å². The van der Waals surface area contributed by atoms with E-state index in [2.05, 4.69) is 5.32 Å². The third kappa shape index (κ3) is 3.27. The van der Waals surface area contributed by atoms with Crippen molar-refractivity contribution < 1.29 is 9.18 Å². The molecule has 0 aliphatic heterocycles. The molecular weight excluding hydrogens is 279 g/mol. The minimum absolute atomic E-state index is 0.161. The number of nitrogens with one attached hydrogen (secondary N) is 1. The van der Waals surface area contributed by atoms with Crippen LogP contribution in [-0.2, 0) is 0 Å². The molecule has 3 nitrogen and oxygen atoms in total. The van der Waals surface area contributed by atoms with Crippen LogP contribution in [0.4, 0.5) is 10.1 Å². The zero-order chi connectivity index (χ0) is 14.7. The Morgan fingerprint density at radius 1 is 1.30 bits per heavy atom. The fourth-order valence-corrected chi connectivity index (χ4v) is 2.08. The minimum atomic E-state index is -0.594. The van der Waals surface area contributed by atoms with E-state index in [4.69, 9.17) is 17.3 Å². The molecule has 0 saturated heterocycles. The normalized spacial score (nSPS) is 11.9. The number of nitrogens with two attached hydrogens (primary N) is 1. The number of rotatable bonds is 4. The first-order valence-corrected chi connectivity index (χ1v) is 6.46. The minimum Gasteiger partial charge on any atom is -0.376 e. The highest BCUT2D eigenvalue weighted by atomic mass is 35.5. The second-order valence-corrected chi connectivity index (χ2v) is 4.92. The van der Waals surface area contributed by atoms with Gasteiger partial charge in [0, 0.05) is 16.6 Å². The number of anilines is 1. The standard InChI is InChI=1S/C15H14ClFN2O/c1-9(10-3-2-4-12(16)7-10)19-14-8-11(15(18)20)5-6-13(14)17/h2-9,19H,1H3,(H2,18,20). The van der Waals surface area contributed by atoms with E-state index in [0.717, 1.165) is 5.56 Å². The summed E-state index contributed by atoms with van der Waals surface area (Å²) < 4.78 is 13.7. The lowest BCUT2D eigenvalue weighted by Crippen LogP contribution is -2.13. The molecule has 3 N–H and O–H groups in total. The van der Waals surface area contributed by atoms with Gasteiger partial charge in [0.15, 0.2) is 0 Å². The highest BCUT2D eigenvalue weighted by Crippen LogP contribution is 2.24. The molecule has 1 unspecified atom stereocenters. The average Bonchev–Trinajstić information content (AvgIpc) is 2.41. The molecule has 5 heteroatoms. The molecule has 2 aromatic carbocycles. The number of carbonyl (C=O) groups excluding carboxylic acids is 1. The fraction of sp³-hybridized carbons (Fsp3) is 0.133. The maximum Gasteiger partial charge on any atom is 0.248 e. The number of benzene rings is 2. The molecular formula is C15H14ClFN2O. The van der Waals surface area contributed by atoms with Crippen molar-refractivity contribution >= 4 is 23.2 Å². The molecule has 0 bridgehead atoms. The van der Waals surface area contributed by atoms with Crippen molar-refractivity contribution in [3.8, 4) is 0 Å². The number of primary amides is 1. The van der Waals surface area contributed by atoms with E-state index in [9.17, 15) is 9.18 Å². The summed E-state index contributed by atoms with van der Waals surface area (Å²) in [4.78, 5) is 11.1. The Morgan fingerprint density at radius 2 is 2.05 bits per heavy atom. The van der Waals surface area contributed by atoms with Crippen LogP contribution in [0.2, 0.25) is 5.02 Å². The molecule has 0 aromatic heterocycles. The van der Waals surface area contributed by atoms with E-state index in [1.807, 2.05) is 19.1 Å². The van der Waals surface area contributed by atoms with Gasteiger partial charge < -0.3 is 11.1 Å². The molecule has 0 heterocycles. The van der Waals surface area contributed by atoms with Crippen molar-refractivity contribution in [1.29, 1.82) is 0 Å². The van der Waals surface area contributed by atoms with Crippen molar-refractivity contribution in [1.82, 2.24) is 0 Å². The summed E-state index contributed by atoms with van der Waals surface area (Å²) in [6.45, 7) is 1.88. The van der Waals surface area contributed by atoms with Crippen LogP contribution < -0.4 is 11.1 Å². The predicted molar refractivity (Wildman–Crippen MR) is 78.4 cm³/mol. The van der Waals surface area contributed by atoms with Gasteiger partial charge in [0.05, 0.1) is 5.69 Å². The molecule has 2 aromatic rings. The van der Waals surface area contributed by atoms with E-state index in [1.54, 1.807) is 12.1 Å². The van der Waals surface area contributed by atoms with Crippen LogP contribution >= 0.6 is 11.6 Å². The number of carbonyl (C=O) groups is 1. The van der Waals surface area contributed by atoms with Gasteiger partial charge in [0.25, 0.3) is 0 Å². The first kappa shape index (κ1) is 14.3. The molecule has 0 radical (unpaired) electrons. The Balaban J connectivity index is 2.25. The quantitative estimate of drug-likeness (QED) is 0.901. The highest BCUT2D eigenvalue weighted by molar-refractivity contribution is 6.30. The molecule has 2 rings (SSSR count). The lowest BCUT2D eigenvalue weighted by Gasteiger charge is -2.17. The summed E-state index contributed by atoms with van der Waals surface area (Å²) >= 11 is 5.93. The molecule has 0 fully saturated rings. The Morgan fingerprint density at radius 3 is 2.70 bits per heavy atom. The van der Waals surface area contributed by atoms with Crippen molar-refractivity contribution in [3.63, 3.8) is 0 Å². The second-order valence-electron chi connectivity index (χ2n) is 4.48. The van der Waals surface area contributed by atoms with Gasteiger partial charge in [-0.1, -0.05) is 23.7 Å². The lowest BCUT2D eigenvalue weighted by molar-refractivity contribution is 0.100. The molecule has 20 heavy (non-hydrogen) atoms. The van der Waals surface area contributed by atoms with Crippen LogP contribution in [0, 0.1) is 5.82 Å². The summed E-state index contributed by atoms with van der Waals surface area (Å²) in [5.41, 5.74) is 6.59. The number of hydrogen-bond acceptors (Lipinski definition) is 2. The fourth-order valence-electron chi connectivity index (χ4n) is 1.88. The Kier molecular flexibility index (Phi) is 4.25. The Bertz CT molecular complexity index is 646. The van der Waals surface area contributed by atoms with Gasteiger partial charge in [-0.25, -0.2) is 4.39 Å². The first-order valence-electron chi connectivity index (χ1n) is 6.08. The number of hydrogen-bond donors (Lipinski definition) is 2. The van der Waals surface area contributed by atoms with Crippen LogP contribution in [0.25, 0.3) is 0 Å². The van der Waals surface area contributed by atoms with Crippen LogP contribution in [0.1, 0.15) is 28.9 Å². The largest absolute Gasteiger partial charge is 0.376 e. The van der Waals surface area contributed by atoms with E-state index < -0.39 is 11.7 Å². The maximum absolute atomic E-state index is 13.7. The van der Waals surface area contributed by atoms with Gasteiger partial charge in [-0.3, -0.25) is 4.79 Å². The predicted octanol–water partition coefficient (Wildman–Crippen LogP) is 3.75. The average molecular weight is 293 g/mol. The number of halogens is 2. The molecule has 0 spiro atoms. The zero-order valence-electron chi connectivity index (χ0n) is 10.9. The summed E-state index contributed by atoms with van der Waals surface area (Å²) in [7, 11) is 0. The first-order chi connectivity index (χ1) is 9.47. The van der Waals surface area contributed by atoms with Crippen LogP contribution in [-0.4, -0.2) is 5.91 Å². The van der Waals surface area contributed by atoms with Gasteiger partial charge in [0.1, 0.15) is 5.82 Å². The van der Waals surface area contributed by atoms with Gasteiger partial charge in [0.2, 0.25) is 5.91 Å². The third-order valence-corrected chi connectivity index (χ3v) is 3.21. The summed E-state index contributed by atoms with van der Waals surface area (Å²) in [5, 5.41) is 3.62. The number of amides is 1. The van der Waals surface area contributed by atoms with Crippen molar-refractivity contribution in [3.05, 3.63) is 64.4 Å². The van der Waals surface area contributed by atoms with E-state index >= 15 is 0 Å². The van der Waals surface area contributed by atoms with Crippen molar-refractivity contribution in [2.45, 2.75) is 13.0 Å². The van der Waals surface area contributed by atoms with Gasteiger partial charge >= 0.3 is 0 Å². The molecule has 0 saturated carbocycles. The summed E-state index contributed by atoms with van der Waals surface area (Å²) in [6, 6.07) is 11.1. The van der Waals surface area contributed by atoms with Gasteiger partial charge in [-0.15, -0.1) is 0 Å². The summed E-state index contributed by atoms with van der Waals surface area (Å²) in [6.07, 6.45) is 0. The van der Waals surface area contributed by atoms with Crippen LogP contribution in [0.15, 0.2) is 42.5 Å². The van der Waals surface area contributed by atoms with E-state index in [-0.39, 0.29) is 17.3 Å². The van der Waals surface area contributed by atoms with Gasteiger partial charge in [-0.2, -0.15) is 0 Å². The van der Waals surface area contributed by atoms with Crippen molar-refractivity contribution in [2.75, 3.05) is 5.32 Å². The monoisotopic (exact) mass is 292 g/mol. The van der Waals surface area contributed by atoms with E-state index in [1.165, 1.54) is 18.2 Å². The Labute approximate surface area is 121 Å². The molecule has 1 amide bonds. The maximum atomic E-state index is 13.7. The molecule has 1 atom stereocenters. The Hall–Kier alpha value is -2.07. The summed E-state index contributed by atoms with van der Waals surface area (Å²) in [5.74, 6) is -1.03. The zero-order valence-corrected chi connectivity index (χ0v) is 11.6. The second kappa shape index (κ2) is 5.92. The highest BCUT2D eigenvalue weighted by Gasteiger charge is 2.11. The molecule has 0 aliphatic carbocycles. The van der Waals surface area contributed by atoms with E-state index in [0.29, 0.717) is 5.02 Å². The smallest absolute Gasteiger partial charge is 0.248 e.